The van der Waals surface area contributed by atoms with Crippen LogP contribution in [0, 0.1) is 0 Å². The number of hydrogen-bond donors (Lipinski definition) is 1. The standard InChI is InChI=1S/C10H11N3O4S/c1-17-10(14)8-4-11-5-9(13-8)12-7-2-3-18(15,16)6-7/h2-5,7H,6H2,1H3,(H,12,13). The maximum atomic E-state index is 11.2. The molecule has 18 heavy (non-hydrogen) atoms. The van der Waals surface area contributed by atoms with E-state index in [0.717, 1.165) is 5.41 Å². The molecule has 1 atom stereocenters. The number of sulfone groups is 1. The number of rotatable bonds is 3. The fraction of sp³-hybridized carbons (Fsp3) is 0.300. The number of ether oxygens (including phenoxy) is 1. The lowest BCUT2D eigenvalue weighted by atomic mass is 10.3. The highest BCUT2D eigenvalue weighted by atomic mass is 32.2. The van der Waals surface area contributed by atoms with Crippen LogP contribution in [0.5, 0.6) is 0 Å². The molecular formula is C10H11N3O4S. The number of esters is 1. The second-order valence-electron chi connectivity index (χ2n) is 3.69. The van der Waals surface area contributed by atoms with Crippen molar-refractivity contribution in [3.05, 3.63) is 29.6 Å². The maximum absolute atomic E-state index is 11.2. The lowest BCUT2D eigenvalue weighted by Crippen LogP contribution is -2.22. The van der Waals surface area contributed by atoms with Crippen LogP contribution >= 0.6 is 0 Å². The minimum Gasteiger partial charge on any atom is -0.464 e. The Labute approximate surface area is 104 Å². The fourth-order valence-electron chi connectivity index (χ4n) is 1.49. The van der Waals surface area contributed by atoms with Crippen LogP contribution in [-0.2, 0) is 14.6 Å². The van der Waals surface area contributed by atoms with Crippen molar-refractivity contribution in [3.63, 3.8) is 0 Å². The van der Waals surface area contributed by atoms with Crippen LogP contribution in [0.4, 0.5) is 5.82 Å². The predicted octanol–water partition coefficient (Wildman–Crippen LogP) is -0.0142. The van der Waals surface area contributed by atoms with Gasteiger partial charge in [0.25, 0.3) is 0 Å². The smallest absolute Gasteiger partial charge is 0.358 e. The van der Waals surface area contributed by atoms with Gasteiger partial charge in [0.1, 0.15) is 5.82 Å². The van der Waals surface area contributed by atoms with Gasteiger partial charge < -0.3 is 10.1 Å². The van der Waals surface area contributed by atoms with Gasteiger partial charge in [0.2, 0.25) is 0 Å². The summed E-state index contributed by atoms with van der Waals surface area (Å²) in [4.78, 5) is 19.1. The lowest BCUT2D eigenvalue weighted by Gasteiger charge is -2.10. The Morgan fingerprint density at radius 2 is 2.28 bits per heavy atom. The summed E-state index contributed by atoms with van der Waals surface area (Å²) in [5.74, 6) is -0.303. The van der Waals surface area contributed by atoms with Crippen molar-refractivity contribution < 1.29 is 17.9 Å². The largest absolute Gasteiger partial charge is 0.464 e. The molecule has 1 aromatic heterocycles. The van der Waals surface area contributed by atoms with E-state index < -0.39 is 15.8 Å². The van der Waals surface area contributed by atoms with Crippen LogP contribution in [0.3, 0.4) is 0 Å². The van der Waals surface area contributed by atoms with Crippen LogP contribution in [0.2, 0.25) is 0 Å². The third-order valence-corrected chi connectivity index (χ3v) is 3.69. The third-order valence-electron chi connectivity index (χ3n) is 2.29. The third kappa shape index (κ3) is 2.83. The number of nitrogens with one attached hydrogen (secondary N) is 1. The van der Waals surface area contributed by atoms with Gasteiger partial charge in [-0.1, -0.05) is 0 Å². The van der Waals surface area contributed by atoms with Gasteiger partial charge in [-0.2, -0.15) is 0 Å². The Morgan fingerprint density at radius 1 is 1.50 bits per heavy atom. The summed E-state index contributed by atoms with van der Waals surface area (Å²) in [6.45, 7) is 0. The maximum Gasteiger partial charge on any atom is 0.358 e. The van der Waals surface area contributed by atoms with Crippen LogP contribution < -0.4 is 5.32 Å². The Hall–Kier alpha value is -1.96. The van der Waals surface area contributed by atoms with Gasteiger partial charge in [-0.15, -0.1) is 0 Å². The molecule has 8 heteroatoms. The summed E-state index contributed by atoms with van der Waals surface area (Å²) in [6, 6.07) is -0.364. The number of hydrogen-bond acceptors (Lipinski definition) is 7. The van der Waals surface area contributed by atoms with E-state index >= 15 is 0 Å². The Bertz CT molecular complexity index is 597. The Balaban J connectivity index is 2.11. The molecule has 0 saturated carbocycles. The number of aromatic nitrogens is 2. The fourth-order valence-corrected chi connectivity index (χ4v) is 2.73. The summed E-state index contributed by atoms with van der Waals surface area (Å²) in [5, 5.41) is 4.02. The first-order chi connectivity index (χ1) is 8.50. The molecule has 1 N–H and O–H groups in total. The molecule has 2 rings (SSSR count). The molecule has 7 nitrogen and oxygen atoms in total. The van der Waals surface area contributed by atoms with E-state index in [1.54, 1.807) is 0 Å². The van der Waals surface area contributed by atoms with Crippen LogP contribution in [-0.4, -0.2) is 43.3 Å². The van der Waals surface area contributed by atoms with E-state index in [9.17, 15) is 13.2 Å². The summed E-state index contributed by atoms with van der Waals surface area (Å²) < 4.78 is 26.9. The SMILES string of the molecule is COC(=O)c1cncc(NC2C=CS(=O)(=O)C2)n1. The zero-order chi connectivity index (χ0) is 13.2. The first-order valence-electron chi connectivity index (χ1n) is 5.08. The molecule has 0 radical (unpaired) electrons. The van der Waals surface area contributed by atoms with Crippen molar-refractivity contribution in [1.29, 1.82) is 0 Å². The molecule has 96 valence electrons. The minimum absolute atomic E-state index is 0.0306. The number of carbonyl (C=O) groups excluding carboxylic acids is 1. The molecule has 0 aromatic carbocycles. The monoisotopic (exact) mass is 269 g/mol. The quantitative estimate of drug-likeness (QED) is 0.770. The highest BCUT2D eigenvalue weighted by molar-refractivity contribution is 7.94. The molecule has 1 unspecified atom stereocenters. The summed E-state index contributed by atoms with van der Waals surface area (Å²) in [6.07, 6.45) is 4.21. The average molecular weight is 269 g/mol. The van der Waals surface area contributed by atoms with Crippen LogP contribution in [0.15, 0.2) is 23.9 Å². The highest BCUT2D eigenvalue weighted by Crippen LogP contribution is 2.13. The molecule has 0 bridgehead atoms. The van der Waals surface area contributed by atoms with E-state index in [1.807, 2.05) is 0 Å². The van der Waals surface area contributed by atoms with Crippen molar-refractivity contribution in [3.8, 4) is 0 Å². The van der Waals surface area contributed by atoms with Gasteiger partial charge in [-0.25, -0.2) is 18.2 Å². The lowest BCUT2D eigenvalue weighted by molar-refractivity contribution is 0.0593. The van der Waals surface area contributed by atoms with E-state index in [0.29, 0.717) is 5.82 Å². The molecule has 0 fully saturated rings. The molecular weight excluding hydrogens is 258 g/mol. The summed E-state index contributed by atoms with van der Waals surface area (Å²) >= 11 is 0. The molecule has 0 spiro atoms. The zero-order valence-electron chi connectivity index (χ0n) is 9.53. The normalized spacial score (nSPS) is 20.6. The van der Waals surface area contributed by atoms with Gasteiger partial charge >= 0.3 is 5.97 Å². The summed E-state index contributed by atoms with van der Waals surface area (Å²) in [7, 11) is -1.88. The first-order valence-corrected chi connectivity index (χ1v) is 6.79. The van der Waals surface area contributed by atoms with E-state index in [-0.39, 0.29) is 17.5 Å². The average Bonchev–Trinajstić information content (AvgIpc) is 2.68. The number of nitrogens with zero attached hydrogens (tertiary/aromatic N) is 2. The second kappa shape index (κ2) is 4.73. The first kappa shape index (κ1) is 12.5. The molecule has 0 aliphatic carbocycles. The minimum atomic E-state index is -3.13. The van der Waals surface area contributed by atoms with Crippen molar-refractivity contribution in [2.24, 2.45) is 0 Å². The highest BCUT2D eigenvalue weighted by Gasteiger charge is 2.22. The van der Waals surface area contributed by atoms with Gasteiger partial charge in [0.05, 0.1) is 31.3 Å². The van der Waals surface area contributed by atoms with Crippen molar-refractivity contribution >= 4 is 21.6 Å². The van der Waals surface area contributed by atoms with Gasteiger partial charge in [0, 0.05) is 5.41 Å². The molecule has 0 saturated heterocycles. The molecule has 2 heterocycles. The topological polar surface area (TPSA) is 98.2 Å². The molecule has 0 amide bonds. The number of anilines is 1. The zero-order valence-corrected chi connectivity index (χ0v) is 10.3. The van der Waals surface area contributed by atoms with Crippen molar-refractivity contribution in [2.45, 2.75) is 6.04 Å². The summed E-state index contributed by atoms with van der Waals surface area (Å²) in [5.41, 5.74) is 0.0623. The van der Waals surface area contributed by atoms with Gasteiger partial charge in [-0.05, 0) is 6.08 Å². The predicted molar refractivity (Wildman–Crippen MR) is 63.7 cm³/mol. The Kier molecular flexibility index (Phi) is 3.28. The van der Waals surface area contributed by atoms with Crippen LogP contribution in [0.1, 0.15) is 10.5 Å². The molecule has 1 aliphatic heterocycles. The van der Waals surface area contributed by atoms with Crippen LogP contribution in [0.25, 0.3) is 0 Å². The Morgan fingerprint density at radius 3 is 2.89 bits per heavy atom. The van der Waals surface area contributed by atoms with Crippen molar-refractivity contribution in [1.82, 2.24) is 9.97 Å². The van der Waals surface area contributed by atoms with Gasteiger partial charge in [0.15, 0.2) is 15.5 Å². The van der Waals surface area contributed by atoms with Gasteiger partial charge in [-0.3, -0.25) is 4.98 Å². The second-order valence-corrected chi connectivity index (χ2v) is 5.62. The van der Waals surface area contributed by atoms with E-state index in [2.05, 4.69) is 20.0 Å². The number of methoxy groups -OCH3 is 1. The van der Waals surface area contributed by atoms with Crippen molar-refractivity contribution in [2.75, 3.05) is 18.2 Å². The molecule has 1 aliphatic rings. The van der Waals surface area contributed by atoms with E-state index in [4.69, 9.17) is 0 Å². The molecule has 1 aromatic rings. The number of carbonyl (C=O) groups is 1. The van der Waals surface area contributed by atoms with E-state index in [1.165, 1.54) is 25.6 Å².